The summed E-state index contributed by atoms with van der Waals surface area (Å²) in [4.78, 5) is 2.12. The average Bonchev–Trinajstić information content (AvgIpc) is 2.23. The number of benzene rings is 1. The highest BCUT2D eigenvalue weighted by molar-refractivity contribution is 5.26. The molecule has 0 aliphatic rings. The molecule has 0 aliphatic heterocycles. The maximum atomic E-state index is 13.4. The summed E-state index contributed by atoms with van der Waals surface area (Å²) in [5, 5.41) is 3.32. The second-order valence-electron chi connectivity index (χ2n) is 5.03. The van der Waals surface area contributed by atoms with Crippen LogP contribution in [0.25, 0.3) is 0 Å². The normalized spacial score (nSPS) is 11.5. The van der Waals surface area contributed by atoms with Crippen LogP contribution in [0.2, 0.25) is 0 Å². The lowest BCUT2D eigenvalue weighted by Gasteiger charge is -2.12. The molecule has 1 aromatic carbocycles. The fourth-order valence-electron chi connectivity index (χ4n) is 1.65. The lowest BCUT2D eigenvalue weighted by Crippen LogP contribution is -2.26. The molecule has 1 aromatic rings. The van der Waals surface area contributed by atoms with Crippen molar-refractivity contribution in [3.05, 3.63) is 35.1 Å². The van der Waals surface area contributed by atoms with Crippen LogP contribution >= 0.6 is 0 Å². The minimum Gasteiger partial charge on any atom is -0.311 e. The van der Waals surface area contributed by atoms with E-state index >= 15 is 0 Å². The van der Waals surface area contributed by atoms with Gasteiger partial charge >= 0.3 is 0 Å². The molecule has 0 fully saturated rings. The third-order valence-corrected chi connectivity index (χ3v) is 2.71. The minimum absolute atomic E-state index is 0.138. The Labute approximate surface area is 104 Å². The van der Waals surface area contributed by atoms with E-state index in [0.717, 1.165) is 30.8 Å². The van der Waals surface area contributed by atoms with Gasteiger partial charge in [-0.2, -0.15) is 0 Å². The molecule has 0 aromatic heterocycles. The van der Waals surface area contributed by atoms with Crippen molar-refractivity contribution < 1.29 is 4.39 Å². The van der Waals surface area contributed by atoms with Gasteiger partial charge in [0.15, 0.2) is 0 Å². The first-order valence-corrected chi connectivity index (χ1v) is 6.14. The molecule has 0 radical (unpaired) electrons. The van der Waals surface area contributed by atoms with Crippen LogP contribution in [0.15, 0.2) is 18.2 Å². The summed E-state index contributed by atoms with van der Waals surface area (Å²) in [5.74, 6) is 0.229. The Morgan fingerprint density at radius 2 is 1.94 bits per heavy atom. The first kappa shape index (κ1) is 14.1. The molecule has 0 unspecified atom stereocenters. The number of hydrogen-bond donors (Lipinski definition) is 1. The lowest BCUT2D eigenvalue weighted by atomic mass is 10.0. The molecule has 17 heavy (non-hydrogen) atoms. The van der Waals surface area contributed by atoms with Gasteiger partial charge in [0.2, 0.25) is 0 Å². The van der Waals surface area contributed by atoms with E-state index in [-0.39, 0.29) is 5.82 Å². The van der Waals surface area contributed by atoms with Crippen molar-refractivity contribution in [2.75, 3.05) is 27.2 Å². The maximum absolute atomic E-state index is 13.4. The average molecular weight is 238 g/mol. The van der Waals surface area contributed by atoms with Crippen LogP contribution in [0.5, 0.6) is 0 Å². The molecule has 0 aliphatic carbocycles. The molecule has 0 saturated heterocycles. The predicted molar refractivity (Wildman–Crippen MR) is 70.7 cm³/mol. The fourth-order valence-corrected chi connectivity index (χ4v) is 1.65. The largest absolute Gasteiger partial charge is 0.311 e. The summed E-state index contributed by atoms with van der Waals surface area (Å²) in [6.45, 7) is 6.80. The van der Waals surface area contributed by atoms with E-state index in [2.05, 4.69) is 30.1 Å². The number of nitrogens with one attached hydrogen (secondary N) is 1. The third kappa shape index (κ3) is 5.29. The molecule has 96 valence electrons. The van der Waals surface area contributed by atoms with Gasteiger partial charge in [-0.05, 0) is 43.3 Å². The Morgan fingerprint density at radius 3 is 2.53 bits per heavy atom. The number of likely N-dealkylation sites (N-methyl/N-ethyl adjacent to an activating group) is 1. The molecule has 0 saturated carbocycles. The zero-order chi connectivity index (χ0) is 12.8. The lowest BCUT2D eigenvalue weighted by molar-refractivity contribution is 0.400. The van der Waals surface area contributed by atoms with Gasteiger partial charge in [-0.15, -0.1) is 0 Å². The molecule has 0 spiro atoms. The summed E-state index contributed by atoms with van der Waals surface area (Å²) in [5.41, 5.74) is 2.09. The number of hydrogen-bond acceptors (Lipinski definition) is 2. The molecule has 3 heteroatoms. The van der Waals surface area contributed by atoms with Crippen LogP contribution in [0.1, 0.15) is 30.9 Å². The van der Waals surface area contributed by atoms with Gasteiger partial charge in [-0.25, -0.2) is 4.39 Å². The van der Waals surface area contributed by atoms with E-state index in [1.165, 1.54) is 0 Å². The van der Waals surface area contributed by atoms with Crippen LogP contribution in [0.3, 0.4) is 0 Å². The van der Waals surface area contributed by atoms with Crippen molar-refractivity contribution in [3.63, 3.8) is 0 Å². The minimum atomic E-state index is -0.138. The van der Waals surface area contributed by atoms with Gasteiger partial charge in [-0.3, -0.25) is 0 Å². The van der Waals surface area contributed by atoms with Gasteiger partial charge < -0.3 is 10.2 Å². The van der Waals surface area contributed by atoms with Crippen molar-refractivity contribution in [3.8, 4) is 0 Å². The Hall–Kier alpha value is -0.930. The molecule has 0 atom stereocenters. The highest BCUT2D eigenvalue weighted by Gasteiger charge is 2.04. The van der Waals surface area contributed by atoms with Crippen LogP contribution in [-0.4, -0.2) is 32.1 Å². The van der Waals surface area contributed by atoms with E-state index in [1.54, 1.807) is 12.1 Å². The van der Waals surface area contributed by atoms with Crippen LogP contribution < -0.4 is 5.32 Å². The Balaban J connectivity index is 2.53. The molecule has 0 bridgehead atoms. The van der Waals surface area contributed by atoms with E-state index in [9.17, 15) is 4.39 Å². The third-order valence-electron chi connectivity index (χ3n) is 2.71. The van der Waals surface area contributed by atoms with Gasteiger partial charge in [0, 0.05) is 19.6 Å². The molecular formula is C14H23FN2. The highest BCUT2D eigenvalue weighted by atomic mass is 19.1. The smallest absolute Gasteiger partial charge is 0.123 e. The molecular weight excluding hydrogens is 215 g/mol. The summed E-state index contributed by atoms with van der Waals surface area (Å²) in [7, 11) is 4.08. The van der Waals surface area contributed by atoms with Crippen molar-refractivity contribution in [1.29, 1.82) is 0 Å². The van der Waals surface area contributed by atoms with Gasteiger partial charge in [-0.1, -0.05) is 19.9 Å². The Bertz CT molecular complexity index is 348. The van der Waals surface area contributed by atoms with Gasteiger partial charge in [0.25, 0.3) is 0 Å². The molecule has 2 nitrogen and oxygen atoms in total. The second kappa shape index (κ2) is 6.72. The Kier molecular flexibility index (Phi) is 5.59. The number of halogens is 1. The zero-order valence-electron chi connectivity index (χ0n) is 11.3. The summed E-state index contributed by atoms with van der Waals surface area (Å²) in [6.07, 6.45) is 0. The first-order valence-electron chi connectivity index (χ1n) is 6.14. The first-order chi connectivity index (χ1) is 7.99. The molecule has 0 heterocycles. The Morgan fingerprint density at radius 1 is 1.24 bits per heavy atom. The molecule has 1 N–H and O–H groups in total. The fraction of sp³-hybridized carbons (Fsp3) is 0.571. The maximum Gasteiger partial charge on any atom is 0.123 e. The van der Waals surface area contributed by atoms with Gasteiger partial charge in [0.05, 0.1) is 0 Å². The van der Waals surface area contributed by atoms with E-state index < -0.39 is 0 Å². The van der Waals surface area contributed by atoms with Crippen molar-refractivity contribution in [2.45, 2.75) is 26.3 Å². The van der Waals surface area contributed by atoms with E-state index in [1.807, 2.05) is 14.1 Å². The number of rotatable bonds is 6. The van der Waals surface area contributed by atoms with Crippen molar-refractivity contribution in [2.24, 2.45) is 0 Å². The molecule has 1 rings (SSSR count). The topological polar surface area (TPSA) is 15.3 Å². The second-order valence-corrected chi connectivity index (χ2v) is 5.03. The van der Waals surface area contributed by atoms with E-state index in [0.29, 0.717) is 5.92 Å². The highest BCUT2D eigenvalue weighted by Crippen LogP contribution is 2.17. The quantitative estimate of drug-likeness (QED) is 0.766. The monoisotopic (exact) mass is 238 g/mol. The van der Waals surface area contributed by atoms with Crippen molar-refractivity contribution >= 4 is 0 Å². The predicted octanol–water partition coefficient (Wildman–Crippen LogP) is 2.60. The van der Waals surface area contributed by atoms with Crippen molar-refractivity contribution in [1.82, 2.24) is 10.2 Å². The van der Waals surface area contributed by atoms with E-state index in [4.69, 9.17) is 0 Å². The van der Waals surface area contributed by atoms with Crippen LogP contribution in [0.4, 0.5) is 4.39 Å². The summed E-state index contributed by atoms with van der Waals surface area (Å²) in [6, 6.07) is 5.30. The van der Waals surface area contributed by atoms with Gasteiger partial charge in [0.1, 0.15) is 5.82 Å². The summed E-state index contributed by atoms with van der Waals surface area (Å²) >= 11 is 0. The SMILES string of the molecule is CC(C)c1cc(F)cc(CNCCN(C)C)c1. The van der Waals surface area contributed by atoms with Crippen LogP contribution in [-0.2, 0) is 6.54 Å². The zero-order valence-corrected chi connectivity index (χ0v) is 11.3. The standard InChI is InChI=1S/C14H23FN2/c1-11(2)13-7-12(8-14(15)9-13)10-16-5-6-17(3)4/h7-9,11,16H,5-6,10H2,1-4H3. The molecule has 0 amide bonds. The summed E-state index contributed by atoms with van der Waals surface area (Å²) < 4.78 is 13.4. The number of nitrogens with zero attached hydrogens (tertiary/aromatic N) is 1. The van der Waals surface area contributed by atoms with Crippen LogP contribution in [0, 0.1) is 5.82 Å².